The van der Waals surface area contributed by atoms with Crippen LogP contribution >= 0.6 is 23.2 Å². The molecule has 8 heteroatoms. The van der Waals surface area contributed by atoms with Crippen molar-refractivity contribution in [2.75, 3.05) is 12.4 Å². The third kappa shape index (κ3) is 3.77. The lowest BCUT2D eigenvalue weighted by molar-refractivity contribution is 0.102. The van der Waals surface area contributed by atoms with Gasteiger partial charge in [0.15, 0.2) is 17.0 Å². The summed E-state index contributed by atoms with van der Waals surface area (Å²) in [4.78, 5) is 21.3. The highest BCUT2D eigenvalue weighted by Crippen LogP contribution is 2.34. The van der Waals surface area contributed by atoms with Crippen molar-refractivity contribution in [2.45, 2.75) is 6.92 Å². The van der Waals surface area contributed by atoms with E-state index in [1.165, 1.54) is 19.2 Å². The molecule has 0 spiro atoms. The molecule has 2 aromatic carbocycles. The van der Waals surface area contributed by atoms with Gasteiger partial charge in [-0.05, 0) is 48.9 Å². The maximum atomic E-state index is 12.7. The van der Waals surface area contributed by atoms with Gasteiger partial charge >= 0.3 is 0 Å². The summed E-state index contributed by atoms with van der Waals surface area (Å²) in [6.07, 6.45) is 1.65. The number of fused-ring (bicyclic) bond motifs is 1. The first-order valence-corrected chi connectivity index (χ1v) is 9.39. The molecule has 29 heavy (non-hydrogen) atoms. The van der Waals surface area contributed by atoms with Gasteiger partial charge in [-0.1, -0.05) is 29.3 Å². The molecule has 0 bridgehead atoms. The summed E-state index contributed by atoms with van der Waals surface area (Å²) >= 11 is 12.3. The standard InChI is InChI=1S/C21H15Cl2N3O3/c1-11-5-6-12(21-26-19-17(29-21)4-3-7-24-19)10-16(11)25-20(27)13-8-14(22)18(28-2)15(23)9-13/h3-10H,1-2H3,(H,25,27). The first kappa shape index (κ1) is 19.2. The van der Waals surface area contributed by atoms with Gasteiger partial charge in [0.05, 0.1) is 17.2 Å². The van der Waals surface area contributed by atoms with Crippen LogP contribution in [0.1, 0.15) is 15.9 Å². The zero-order chi connectivity index (χ0) is 20.5. The number of halogens is 2. The van der Waals surface area contributed by atoms with E-state index in [4.69, 9.17) is 32.4 Å². The average molecular weight is 428 g/mol. The van der Waals surface area contributed by atoms with Crippen molar-refractivity contribution in [3.63, 3.8) is 0 Å². The van der Waals surface area contributed by atoms with Gasteiger partial charge in [-0.25, -0.2) is 4.98 Å². The van der Waals surface area contributed by atoms with E-state index in [0.717, 1.165) is 11.1 Å². The van der Waals surface area contributed by atoms with Crippen LogP contribution in [0.2, 0.25) is 10.0 Å². The maximum Gasteiger partial charge on any atom is 0.255 e. The Morgan fingerprint density at radius 3 is 2.59 bits per heavy atom. The number of carbonyl (C=O) groups excluding carboxylic acids is 1. The number of hydrogen-bond acceptors (Lipinski definition) is 5. The van der Waals surface area contributed by atoms with Crippen molar-refractivity contribution in [3.8, 4) is 17.2 Å². The van der Waals surface area contributed by atoms with E-state index in [-0.39, 0.29) is 16.0 Å². The van der Waals surface area contributed by atoms with Gasteiger partial charge in [-0.2, -0.15) is 4.98 Å². The van der Waals surface area contributed by atoms with E-state index in [9.17, 15) is 4.79 Å². The van der Waals surface area contributed by atoms with Crippen LogP contribution in [-0.2, 0) is 0 Å². The Morgan fingerprint density at radius 1 is 1.14 bits per heavy atom. The summed E-state index contributed by atoms with van der Waals surface area (Å²) in [5.74, 6) is 0.397. The SMILES string of the molecule is COc1c(Cl)cc(C(=O)Nc2cc(-c3nc4ncccc4o3)ccc2C)cc1Cl. The highest BCUT2D eigenvalue weighted by Gasteiger charge is 2.16. The lowest BCUT2D eigenvalue weighted by Gasteiger charge is -2.12. The second-order valence-corrected chi connectivity index (χ2v) is 7.12. The smallest absolute Gasteiger partial charge is 0.255 e. The molecule has 4 rings (SSSR count). The Morgan fingerprint density at radius 2 is 1.90 bits per heavy atom. The van der Waals surface area contributed by atoms with Crippen LogP contribution in [-0.4, -0.2) is 23.0 Å². The van der Waals surface area contributed by atoms with Crippen LogP contribution in [0.4, 0.5) is 5.69 Å². The van der Waals surface area contributed by atoms with Gasteiger partial charge in [0.2, 0.25) is 5.89 Å². The minimum absolute atomic E-state index is 0.259. The van der Waals surface area contributed by atoms with Crippen molar-refractivity contribution < 1.29 is 13.9 Å². The Labute approximate surface area is 176 Å². The lowest BCUT2D eigenvalue weighted by Crippen LogP contribution is -2.13. The Hall–Kier alpha value is -3.09. The molecule has 0 saturated heterocycles. The quantitative estimate of drug-likeness (QED) is 0.447. The van der Waals surface area contributed by atoms with Gasteiger partial charge in [0.1, 0.15) is 0 Å². The second kappa shape index (κ2) is 7.73. The first-order chi connectivity index (χ1) is 14.0. The minimum atomic E-state index is -0.351. The fraction of sp³-hybridized carbons (Fsp3) is 0.0952. The number of rotatable bonds is 4. The Balaban J connectivity index is 1.65. The van der Waals surface area contributed by atoms with Crippen molar-refractivity contribution in [1.29, 1.82) is 0 Å². The van der Waals surface area contributed by atoms with Gasteiger partial charge in [0, 0.05) is 23.0 Å². The predicted molar refractivity (Wildman–Crippen MR) is 113 cm³/mol. The third-order valence-electron chi connectivity index (χ3n) is 4.36. The summed E-state index contributed by atoms with van der Waals surface area (Å²) in [5.41, 5.74) is 3.64. The van der Waals surface area contributed by atoms with Crippen molar-refractivity contribution in [2.24, 2.45) is 0 Å². The molecule has 0 saturated carbocycles. The monoisotopic (exact) mass is 427 g/mol. The summed E-state index contributed by atoms with van der Waals surface area (Å²) in [5, 5.41) is 3.40. The summed E-state index contributed by atoms with van der Waals surface area (Å²) < 4.78 is 10.9. The number of pyridine rings is 1. The first-order valence-electron chi connectivity index (χ1n) is 8.63. The molecule has 0 fully saturated rings. The Bertz CT molecular complexity index is 1180. The number of methoxy groups -OCH3 is 1. The molecular weight excluding hydrogens is 413 g/mol. The van der Waals surface area contributed by atoms with Gasteiger partial charge in [0.25, 0.3) is 5.91 Å². The zero-order valence-corrected chi connectivity index (χ0v) is 17.0. The molecule has 0 aliphatic rings. The molecule has 1 amide bonds. The number of anilines is 1. The van der Waals surface area contributed by atoms with E-state index in [0.29, 0.717) is 34.1 Å². The van der Waals surface area contributed by atoms with Crippen LogP contribution in [0.25, 0.3) is 22.7 Å². The number of amides is 1. The molecule has 4 aromatic rings. The number of nitrogens with zero attached hydrogens (tertiary/aromatic N) is 2. The molecule has 2 aromatic heterocycles. The number of oxazole rings is 1. The number of aromatic nitrogens is 2. The highest BCUT2D eigenvalue weighted by molar-refractivity contribution is 6.37. The van der Waals surface area contributed by atoms with E-state index in [1.54, 1.807) is 24.4 Å². The maximum absolute atomic E-state index is 12.7. The van der Waals surface area contributed by atoms with Crippen LogP contribution < -0.4 is 10.1 Å². The van der Waals surface area contributed by atoms with E-state index in [1.807, 2.05) is 19.1 Å². The van der Waals surface area contributed by atoms with Crippen molar-refractivity contribution >= 4 is 46.0 Å². The summed E-state index contributed by atoms with van der Waals surface area (Å²) in [7, 11) is 1.46. The summed E-state index contributed by atoms with van der Waals surface area (Å²) in [6.45, 7) is 1.89. The fourth-order valence-corrected chi connectivity index (χ4v) is 3.50. The molecule has 0 unspecified atom stereocenters. The molecule has 1 N–H and O–H groups in total. The van der Waals surface area contributed by atoms with E-state index < -0.39 is 0 Å². The molecule has 6 nitrogen and oxygen atoms in total. The normalized spacial score (nSPS) is 10.9. The molecule has 0 atom stereocenters. The number of ether oxygens (including phenoxy) is 1. The molecule has 146 valence electrons. The third-order valence-corrected chi connectivity index (χ3v) is 4.92. The lowest BCUT2D eigenvalue weighted by atomic mass is 10.1. The minimum Gasteiger partial charge on any atom is -0.494 e. The zero-order valence-electron chi connectivity index (χ0n) is 15.5. The van der Waals surface area contributed by atoms with Crippen molar-refractivity contribution in [3.05, 3.63) is 69.8 Å². The van der Waals surface area contributed by atoms with Crippen molar-refractivity contribution in [1.82, 2.24) is 9.97 Å². The molecule has 2 heterocycles. The number of aryl methyl sites for hydroxylation is 1. The highest BCUT2D eigenvalue weighted by atomic mass is 35.5. The number of carbonyl (C=O) groups is 1. The number of nitrogens with one attached hydrogen (secondary N) is 1. The molecule has 0 aliphatic carbocycles. The van der Waals surface area contributed by atoms with E-state index in [2.05, 4.69) is 15.3 Å². The second-order valence-electron chi connectivity index (χ2n) is 6.30. The predicted octanol–water partition coefficient (Wildman–Crippen LogP) is 5.77. The van der Waals surface area contributed by atoms with Crippen LogP contribution in [0.5, 0.6) is 5.75 Å². The van der Waals surface area contributed by atoms with Gasteiger partial charge < -0.3 is 14.5 Å². The molecular formula is C21H15Cl2N3O3. The largest absolute Gasteiger partial charge is 0.494 e. The van der Waals surface area contributed by atoms with Crippen LogP contribution in [0, 0.1) is 6.92 Å². The molecule has 0 radical (unpaired) electrons. The molecule has 0 aliphatic heterocycles. The topological polar surface area (TPSA) is 77.2 Å². The van der Waals surface area contributed by atoms with Gasteiger partial charge in [-0.3, -0.25) is 4.79 Å². The summed E-state index contributed by atoms with van der Waals surface area (Å²) in [6, 6.07) is 12.1. The number of benzene rings is 2. The van der Waals surface area contributed by atoms with Crippen LogP contribution in [0.15, 0.2) is 53.1 Å². The van der Waals surface area contributed by atoms with Crippen LogP contribution in [0.3, 0.4) is 0 Å². The van der Waals surface area contributed by atoms with E-state index >= 15 is 0 Å². The average Bonchev–Trinajstić information content (AvgIpc) is 3.13. The van der Waals surface area contributed by atoms with Gasteiger partial charge in [-0.15, -0.1) is 0 Å². The number of hydrogen-bond donors (Lipinski definition) is 1. The fourth-order valence-electron chi connectivity index (χ4n) is 2.86. The Kier molecular flexibility index (Phi) is 5.13.